The second kappa shape index (κ2) is 8.03. The van der Waals surface area contributed by atoms with E-state index in [0.29, 0.717) is 6.42 Å². The summed E-state index contributed by atoms with van der Waals surface area (Å²) in [6.07, 6.45) is 3.24. The van der Waals surface area contributed by atoms with E-state index in [1.807, 2.05) is 0 Å². The van der Waals surface area contributed by atoms with Gasteiger partial charge in [-0.15, -0.1) is 0 Å². The van der Waals surface area contributed by atoms with Gasteiger partial charge in [0.25, 0.3) is 0 Å². The Labute approximate surface area is 127 Å². The summed E-state index contributed by atoms with van der Waals surface area (Å²) < 4.78 is 0. The predicted octanol–water partition coefficient (Wildman–Crippen LogP) is 2.76. The lowest BCUT2D eigenvalue weighted by Gasteiger charge is -2.36. The molecule has 21 heavy (non-hydrogen) atoms. The molecule has 4 heteroatoms. The summed E-state index contributed by atoms with van der Waals surface area (Å²) in [5, 5.41) is 8.61. The van der Waals surface area contributed by atoms with Gasteiger partial charge in [0.2, 0.25) is 0 Å². The van der Waals surface area contributed by atoms with E-state index >= 15 is 0 Å². The fraction of sp³-hybridized carbons (Fsp3) is 0.588. The zero-order valence-electron chi connectivity index (χ0n) is 12.9. The van der Waals surface area contributed by atoms with Gasteiger partial charge < -0.3 is 10.0 Å². The van der Waals surface area contributed by atoms with Crippen molar-refractivity contribution in [2.45, 2.75) is 32.6 Å². The lowest BCUT2D eigenvalue weighted by atomic mass is 10.1. The molecule has 1 fully saturated rings. The van der Waals surface area contributed by atoms with Crippen molar-refractivity contribution < 1.29 is 9.90 Å². The van der Waals surface area contributed by atoms with Crippen molar-refractivity contribution in [3.63, 3.8) is 0 Å². The van der Waals surface area contributed by atoms with Crippen LogP contribution in [0.4, 0.5) is 5.69 Å². The summed E-state index contributed by atoms with van der Waals surface area (Å²) in [6.45, 7) is 7.64. The van der Waals surface area contributed by atoms with Crippen LogP contribution in [-0.4, -0.2) is 48.7 Å². The number of rotatable bonds is 7. The van der Waals surface area contributed by atoms with Crippen LogP contribution in [0, 0.1) is 6.92 Å². The zero-order valence-corrected chi connectivity index (χ0v) is 12.9. The summed E-state index contributed by atoms with van der Waals surface area (Å²) in [7, 11) is 0. The number of anilines is 1. The molecule has 0 aliphatic carbocycles. The Bertz CT molecular complexity index is 454. The van der Waals surface area contributed by atoms with Gasteiger partial charge in [-0.2, -0.15) is 0 Å². The normalized spacial score (nSPS) is 16.1. The first-order chi connectivity index (χ1) is 10.2. The van der Waals surface area contributed by atoms with Crippen molar-refractivity contribution in [2.75, 3.05) is 37.6 Å². The van der Waals surface area contributed by atoms with Crippen LogP contribution < -0.4 is 4.90 Å². The van der Waals surface area contributed by atoms with Crippen molar-refractivity contribution in [2.24, 2.45) is 0 Å². The maximum atomic E-state index is 10.4. The maximum absolute atomic E-state index is 10.4. The van der Waals surface area contributed by atoms with E-state index in [4.69, 9.17) is 5.11 Å². The average molecular weight is 290 g/mol. The maximum Gasteiger partial charge on any atom is 0.303 e. The minimum atomic E-state index is -0.679. The molecule has 116 valence electrons. The Morgan fingerprint density at radius 2 is 1.81 bits per heavy atom. The number of carboxylic acid groups (broad SMARTS) is 1. The molecule has 0 radical (unpaired) electrons. The number of nitrogens with zero attached hydrogens (tertiary/aromatic N) is 2. The second-order valence-electron chi connectivity index (χ2n) is 5.82. The van der Waals surface area contributed by atoms with Crippen LogP contribution >= 0.6 is 0 Å². The SMILES string of the molecule is Cc1ccccc1N1CCN(CCCCCC(=O)O)CC1. The first kappa shape index (κ1) is 15.8. The number of carboxylic acids is 1. The largest absolute Gasteiger partial charge is 0.481 e. The fourth-order valence-electron chi connectivity index (χ4n) is 2.92. The Morgan fingerprint density at radius 1 is 1.10 bits per heavy atom. The lowest BCUT2D eigenvalue weighted by Crippen LogP contribution is -2.46. The topological polar surface area (TPSA) is 43.8 Å². The summed E-state index contributed by atoms with van der Waals surface area (Å²) in [5.74, 6) is -0.679. The van der Waals surface area contributed by atoms with Gasteiger partial charge in [-0.05, 0) is 37.9 Å². The molecule has 4 nitrogen and oxygen atoms in total. The van der Waals surface area contributed by atoms with Gasteiger partial charge >= 0.3 is 5.97 Å². The first-order valence-corrected chi connectivity index (χ1v) is 7.91. The molecule has 0 atom stereocenters. The van der Waals surface area contributed by atoms with E-state index in [1.54, 1.807) is 0 Å². The molecule has 1 saturated heterocycles. The third-order valence-corrected chi connectivity index (χ3v) is 4.19. The molecule has 0 spiro atoms. The Kier molecular flexibility index (Phi) is 6.05. The van der Waals surface area contributed by atoms with E-state index in [2.05, 4.69) is 41.0 Å². The molecule has 1 heterocycles. The molecule has 0 aromatic heterocycles. The van der Waals surface area contributed by atoms with Crippen molar-refractivity contribution in [1.82, 2.24) is 4.90 Å². The van der Waals surface area contributed by atoms with Crippen LogP contribution in [0.25, 0.3) is 0 Å². The molecule has 0 saturated carbocycles. The number of hydrogen-bond acceptors (Lipinski definition) is 3. The van der Waals surface area contributed by atoms with Crippen molar-refractivity contribution >= 4 is 11.7 Å². The van der Waals surface area contributed by atoms with E-state index in [0.717, 1.165) is 52.0 Å². The zero-order chi connectivity index (χ0) is 15.1. The monoisotopic (exact) mass is 290 g/mol. The Morgan fingerprint density at radius 3 is 2.48 bits per heavy atom. The number of para-hydroxylation sites is 1. The van der Waals surface area contributed by atoms with Crippen molar-refractivity contribution in [3.05, 3.63) is 29.8 Å². The quantitative estimate of drug-likeness (QED) is 0.784. The summed E-state index contributed by atoms with van der Waals surface area (Å²) in [4.78, 5) is 15.4. The highest BCUT2D eigenvalue weighted by Crippen LogP contribution is 2.20. The minimum absolute atomic E-state index is 0.307. The summed E-state index contributed by atoms with van der Waals surface area (Å²) in [6, 6.07) is 8.57. The fourth-order valence-corrected chi connectivity index (χ4v) is 2.92. The number of aryl methyl sites for hydroxylation is 1. The molecular formula is C17H26N2O2. The molecule has 1 aliphatic heterocycles. The number of aliphatic carboxylic acids is 1. The van der Waals surface area contributed by atoms with Gasteiger partial charge in [-0.1, -0.05) is 24.6 Å². The number of unbranched alkanes of at least 4 members (excludes halogenated alkanes) is 2. The first-order valence-electron chi connectivity index (χ1n) is 7.91. The van der Waals surface area contributed by atoms with Gasteiger partial charge in [0.05, 0.1) is 0 Å². The smallest absolute Gasteiger partial charge is 0.303 e. The van der Waals surface area contributed by atoms with Gasteiger partial charge in [0.1, 0.15) is 0 Å². The molecule has 1 N–H and O–H groups in total. The minimum Gasteiger partial charge on any atom is -0.481 e. The predicted molar refractivity (Wildman–Crippen MR) is 85.9 cm³/mol. The molecule has 0 unspecified atom stereocenters. The third-order valence-electron chi connectivity index (χ3n) is 4.19. The van der Waals surface area contributed by atoms with Gasteiger partial charge in [0.15, 0.2) is 0 Å². The second-order valence-corrected chi connectivity index (χ2v) is 5.82. The molecule has 0 bridgehead atoms. The number of piperazine rings is 1. The highest BCUT2D eigenvalue weighted by molar-refractivity contribution is 5.66. The lowest BCUT2D eigenvalue weighted by molar-refractivity contribution is -0.137. The molecule has 0 amide bonds. The molecule has 1 aliphatic rings. The average Bonchev–Trinajstić information content (AvgIpc) is 2.48. The van der Waals surface area contributed by atoms with Crippen LogP contribution in [0.3, 0.4) is 0 Å². The van der Waals surface area contributed by atoms with Gasteiger partial charge in [-0.25, -0.2) is 0 Å². The van der Waals surface area contributed by atoms with Crippen molar-refractivity contribution in [1.29, 1.82) is 0 Å². The molecule has 1 aromatic rings. The van der Waals surface area contributed by atoms with E-state index in [1.165, 1.54) is 11.3 Å². The van der Waals surface area contributed by atoms with Crippen LogP contribution in [0.1, 0.15) is 31.2 Å². The standard InChI is InChI=1S/C17H26N2O2/c1-15-7-4-5-8-16(15)19-13-11-18(12-14-19)10-6-2-3-9-17(20)21/h4-5,7-8H,2-3,6,9-14H2,1H3,(H,20,21). The summed E-state index contributed by atoms with van der Waals surface area (Å²) in [5.41, 5.74) is 2.71. The Balaban J connectivity index is 1.67. The highest BCUT2D eigenvalue weighted by atomic mass is 16.4. The Hall–Kier alpha value is -1.55. The van der Waals surface area contributed by atoms with Gasteiger partial charge in [0, 0.05) is 38.3 Å². The molecule has 1 aromatic carbocycles. The number of benzene rings is 1. The highest BCUT2D eigenvalue weighted by Gasteiger charge is 2.17. The van der Waals surface area contributed by atoms with Crippen LogP contribution in [0.5, 0.6) is 0 Å². The molecular weight excluding hydrogens is 264 g/mol. The van der Waals surface area contributed by atoms with Crippen LogP contribution in [0.2, 0.25) is 0 Å². The summed E-state index contributed by atoms with van der Waals surface area (Å²) >= 11 is 0. The third kappa shape index (κ3) is 5.05. The van der Waals surface area contributed by atoms with Crippen molar-refractivity contribution in [3.8, 4) is 0 Å². The van der Waals surface area contributed by atoms with E-state index in [9.17, 15) is 4.79 Å². The number of carbonyl (C=O) groups is 1. The van der Waals surface area contributed by atoms with Crippen LogP contribution in [-0.2, 0) is 4.79 Å². The van der Waals surface area contributed by atoms with Gasteiger partial charge in [-0.3, -0.25) is 9.69 Å². The van der Waals surface area contributed by atoms with Crippen LogP contribution in [0.15, 0.2) is 24.3 Å². The van der Waals surface area contributed by atoms with E-state index in [-0.39, 0.29) is 0 Å². The van der Waals surface area contributed by atoms with E-state index < -0.39 is 5.97 Å². The molecule has 2 rings (SSSR count). The number of hydrogen-bond donors (Lipinski definition) is 1.